The molecule has 0 bridgehead atoms. The van der Waals surface area contributed by atoms with Gasteiger partial charge in [-0.1, -0.05) is 11.6 Å². The molecule has 3 heterocycles. The number of thiophene rings is 1. The molecule has 0 atom stereocenters. The second-order valence-electron chi connectivity index (χ2n) is 5.37. The molecule has 3 rings (SSSR count). The summed E-state index contributed by atoms with van der Waals surface area (Å²) in [5, 5.41) is 5.45. The van der Waals surface area contributed by atoms with E-state index < -0.39 is 5.97 Å². The van der Waals surface area contributed by atoms with E-state index in [4.69, 9.17) is 16.3 Å². The molecule has 0 aliphatic heterocycles. The first-order valence-corrected chi connectivity index (χ1v) is 9.87. The molecule has 26 heavy (non-hydrogen) atoms. The molecule has 0 aliphatic rings. The molecular formula is C17H16ClN3O3S2. The topological polar surface area (TPSA) is 72.7 Å². The van der Waals surface area contributed by atoms with Crippen LogP contribution in [0, 0.1) is 13.8 Å². The Hall–Kier alpha value is -2.16. The molecule has 0 unspecified atom stereocenters. The number of aromatic nitrogens is 2. The molecule has 9 heteroatoms. The summed E-state index contributed by atoms with van der Waals surface area (Å²) >= 11 is 8.91. The van der Waals surface area contributed by atoms with Gasteiger partial charge in [-0.3, -0.25) is 9.20 Å². The molecular weight excluding hydrogens is 394 g/mol. The van der Waals surface area contributed by atoms with Crippen LogP contribution >= 0.6 is 34.3 Å². The van der Waals surface area contributed by atoms with Crippen molar-refractivity contribution in [3.05, 3.63) is 44.5 Å². The predicted molar refractivity (Wildman–Crippen MR) is 105 cm³/mol. The maximum atomic E-state index is 12.3. The van der Waals surface area contributed by atoms with Crippen molar-refractivity contribution in [1.82, 2.24) is 9.38 Å². The minimum Gasteiger partial charge on any atom is -0.462 e. The maximum absolute atomic E-state index is 12.3. The van der Waals surface area contributed by atoms with Gasteiger partial charge in [0.25, 0.3) is 0 Å². The van der Waals surface area contributed by atoms with Gasteiger partial charge in [0.15, 0.2) is 10.1 Å². The third-order valence-electron chi connectivity index (χ3n) is 3.75. The maximum Gasteiger partial charge on any atom is 0.341 e. The molecule has 1 N–H and O–H groups in total. The van der Waals surface area contributed by atoms with Crippen molar-refractivity contribution in [2.45, 2.75) is 20.8 Å². The SMILES string of the molecule is CCOC(=O)c1c(NC(=O)C=Cc2c(Cl)nc3sccn23)sc(C)c1C. The third kappa shape index (κ3) is 3.53. The molecule has 0 saturated heterocycles. The van der Waals surface area contributed by atoms with Crippen LogP contribution in [-0.4, -0.2) is 27.9 Å². The minimum absolute atomic E-state index is 0.275. The number of aryl methyl sites for hydroxylation is 1. The van der Waals surface area contributed by atoms with Gasteiger partial charge in [-0.15, -0.1) is 22.7 Å². The van der Waals surface area contributed by atoms with Crippen molar-refractivity contribution < 1.29 is 14.3 Å². The number of nitrogens with one attached hydrogen (secondary N) is 1. The van der Waals surface area contributed by atoms with Gasteiger partial charge in [0, 0.05) is 22.5 Å². The highest BCUT2D eigenvalue weighted by Crippen LogP contribution is 2.33. The van der Waals surface area contributed by atoms with Crippen LogP contribution in [0.4, 0.5) is 5.00 Å². The fourth-order valence-electron chi connectivity index (χ4n) is 2.40. The lowest BCUT2D eigenvalue weighted by Crippen LogP contribution is -2.12. The first-order valence-electron chi connectivity index (χ1n) is 7.79. The lowest BCUT2D eigenvalue weighted by molar-refractivity contribution is -0.111. The van der Waals surface area contributed by atoms with Gasteiger partial charge in [0.1, 0.15) is 5.00 Å². The summed E-state index contributed by atoms with van der Waals surface area (Å²) in [4.78, 5) is 30.4. The van der Waals surface area contributed by atoms with Crippen LogP contribution in [0.5, 0.6) is 0 Å². The van der Waals surface area contributed by atoms with Crippen molar-refractivity contribution in [3.63, 3.8) is 0 Å². The number of halogens is 1. The fraction of sp³-hybridized carbons (Fsp3) is 0.235. The number of hydrogen-bond donors (Lipinski definition) is 1. The van der Waals surface area contributed by atoms with E-state index in [1.54, 1.807) is 17.4 Å². The molecule has 0 aromatic carbocycles. The normalized spacial score (nSPS) is 11.4. The number of esters is 1. The van der Waals surface area contributed by atoms with Gasteiger partial charge < -0.3 is 10.1 Å². The quantitative estimate of drug-likeness (QED) is 0.495. The van der Waals surface area contributed by atoms with E-state index in [0.717, 1.165) is 15.4 Å². The van der Waals surface area contributed by atoms with Gasteiger partial charge >= 0.3 is 5.97 Å². The van der Waals surface area contributed by atoms with Crippen LogP contribution in [0.25, 0.3) is 11.0 Å². The number of anilines is 1. The van der Waals surface area contributed by atoms with E-state index in [9.17, 15) is 9.59 Å². The zero-order chi connectivity index (χ0) is 18.8. The molecule has 0 fully saturated rings. The lowest BCUT2D eigenvalue weighted by Gasteiger charge is -2.05. The first kappa shape index (κ1) is 18.6. The number of hydrogen-bond acceptors (Lipinski definition) is 6. The number of thiazole rings is 1. The Morgan fingerprint density at radius 1 is 1.42 bits per heavy atom. The van der Waals surface area contributed by atoms with Crippen molar-refractivity contribution in [2.75, 3.05) is 11.9 Å². The van der Waals surface area contributed by atoms with Crippen molar-refractivity contribution in [3.8, 4) is 0 Å². The Balaban J connectivity index is 1.82. The molecule has 6 nitrogen and oxygen atoms in total. The van der Waals surface area contributed by atoms with E-state index in [1.165, 1.54) is 28.7 Å². The second-order valence-corrected chi connectivity index (χ2v) is 7.83. The Morgan fingerprint density at radius 2 is 2.19 bits per heavy atom. The van der Waals surface area contributed by atoms with E-state index in [0.29, 0.717) is 21.4 Å². The summed E-state index contributed by atoms with van der Waals surface area (Å²) in [7, 11) is 0. The summed E-state index contributed by atoms with van der Waals surface area (Å²) in [6, 6.07) is 0. The Kier molecular flexibility index (Phi) is 5.45. The average Bonchev–Trinajstić information content (AvgIpc) is 3.21. The van der Waals surface area contributed by atoms with Gasteiger partial charge in [-0.2, -0.15) is 0 Å². The Bertz CT molecular complexity index is 1020. The summed E-state index contributed by atoms with van der Waals surface area (Å²) in [5.41, 5.74) is 1.84. The van der Waals surface area contributed by atoms with Crippen LogP contribution in [0.3, 0.4) is 0 Å². The standard InChI is InChI=1S/C17H16ClN3O3S2/c1-4-24-16(23)13-9(2)10(3)26-15(13)19-12(22)6-5-11-14(18)20-17-21(11)7-8-25-17/h5-8H,4H2,1-3H3,(H,19,22). The number of ether oxygens (including phenoxy) is 1. The first-order chi connectivity index (χ1) is 12.4. The molecule has 1 amide bonds. The Morgan fingerprint density at radius 3 is 2.92 bits per heavy atom. The number of carbonyl (C=O) groups is 2. The lowest BCUT2D eigenvalue weighted by atomic mass is 10.1. The minimum atomic E-state index is -0.438. The highest BCUT2D eigenvalue weighted by atomic mass is 35.5. The summed E-state index contributed by atoms with van der Waals surface area (Å²) < 4.78 is 6.89. The molecule has 0 saturated carbocycles. The number of fused-ring (bicyclic) bond motifs is 1. The smallest absolute Gasteiger partial charge is 0.341 e. The monoisotopic (exact) mass is 409 g/mol. The van der Waals surface area contributed by atoms with Crippen LogP contribution < -0.4 is 5.32 Å². The number of amides is 1. The van der Waals surface area contributed by atoms with Gasteiger partial charge in [0.05, 0.1) is 17.9 Å². The van der Waals surface area contributed by atoms with Crippen LogP contribution in [0.2, 0.25) is 5.15 Å². The number of imidazole rings is 1. The molecule has 3 aromatic rings. The van der Waals surface area contributed by atoms with E-state index in [2.05, 4.69) is 10.3 Å². The summed E-state index contributed by atoms with van der Waals surface area (Å²) in [6.07, 6.45) is 4.80. The Labute approximate surface area is 163 Å². The second kappa shape index (κ2) is 7.61. The van der Waals surface area contributed by atoms with Crippen molar-refractivity contribution >= 4 is 62.2 Å². The van der Waals surface area contributed by atoms with Crippen LogP contribution in [-0.2, 0) is 9.53 Å². The van der Waals surface area contributed by atoms with Crippen LogP contribution in [0.1, 0.15) is 33.4 Å². The van der Waals surface area contributed by atoms with E-state index in [1.807, 2.05) is 25.4 Å². The molecule has 0 aliphatic carbocycles. The predicted octanol–water partition coefficient (Wildman–Crippen LogP) is 4.56. The number of rotatable bonds is 5. The summed E-state index contributed by atoms with van der Waals surface area (Å²) in [5.74, 6) is -0.800. The zero-order valence-electron chi connectivity index (χ0n) is 14.3. The van der Waals surface area contributed by atoms with Gasteiger partial charge in [0.2, 0.25) is 5.91 Å². The average molecular weight is 410 g/mol. The molecule has 0 spiro atoms. The van der Waals surface area contributed by atoms with Crippen LogP contribution in [0.15, 0.2) is 17.7 Å². The zero-order valence-corrected chi connectivity index (χ0v) is 16.7. The number of carbonyl (C=O) groups excluding carboxylic acids is 2. The van der Waals surface area contributed by atoms with Crippen molar-refractivity contribution in [1.29, 1.82) is 0 Å². The largest absolute Gasteiger partial charge is 0.462 e. The highest BCUT2D eigenvalue weighted by molar-refractivity contribution is 7.17. The number of nitrogens with zero attached hydrogens (tertiary/aromatic N) is 2. The van der Waals surface area contributed by atoms with E-state index in [-0.39, 0.29) is 12.5 Å². The molecule has 3 aromatic heterocycles. The van der Waals surface area contributed by atoms with Gasteiger partial charge in [-0.05, 0) is 32.4 Å². The molecule has 0 radical (unpaired) electrons. The fourth-order valence-corrected chi connectivity index (χ4v) is 4.45. The van der Waals surface area contributed by atoms with E-state index >= 15 is 0 Å². The third-order valence-corrected chi connectivity index (χ3v) is 5.91. The molecule has 136 valence electrons. The highest BCUT2D eigenvalue weighted by Gasteiger charge is 2.21. The van der Waals surface area contributed by atoms with Gasteiger partial charge in [-0.25, -0.2) is 9.78 Å². The summed E-state index contributed by atoms with van der Waals surface area (Å²) in [6.45, 7) is 5.75. The van der Waals surface area contributed by atoms with Crippen molar-refractivity contribution in [2.24, 2.45) is 0 Å².